The first-order valence-electron chi connectivity index (χ1n) is 13.8. The lowest BCUT2D eigenvalue weighted by Gasteiger charge is -2.50. The molecule has 39 heavy (non-hydrogen) atoms. The van der Waals surface area contributed by atoms with Gasteiger partial charge in [-0.1, -0.05) is 11.6 Å². The van der Waals surface area contributed by atoms with Gasteiger partial charge >= 0.3 is 12.1 Å². The predicted molar refractivity (Wildman–Crippen MR) is 143 cm³/mol. The summed E-state index contributed by atoms with van der Waals surface area (Å²) in [6, 6.07) is -0.113. The molecule has 4 fully saturated rings. The minimum absolute atomic E-state index is 0.0296. The Morgan fingerprint density at radius 2 is 1.92 bits per heavy atom. The first-order valence-corrected chi connectivity index (χ1v) is 14.2. The molecule has 2 aromatic rings. The summed E-state index contributed by atoms with van der Waals surface area (Å²) in [6.07, 6.45) is 5.21. The van der Waals surface area contributed by atoms with Crippen molar-refractivity contribution < 1.29 is 23.0 Å². The minimum atomic E-state index is -0.884. The number of piperidine rings is 1. The Balaban J connectivity index is 1.31. The molecule has 0 saturated carbocycles. The Bertz CT molecular complexity index is 1260. The second-order valence-electron chi connectivity index (χ2n) is 12.4. The molecular weight excluding hydrogens is 530 g/mol. The summed E-state index contributed by atoms with van der Waals surface area (Å²) in [5, 5.41) is 0.153. The van der Waals surface area contributed by atoms with Gasteiger partial charge in [0, 0.05) is 32.3 Å². The molecule has 212 valence electrons. The number of carbonyl (C=O) groups excluding carboxylic acids is 1. The summed E-state index contributed by atoms with van der Waals surface area (Å²) in [5.74, 6) is -0.241. The molecule has 6 heterocycles. The van der Waals surface area contributed by atoms with Gasteiger partial charge < -0.3 is 14.4 Å². The van der Waals surface area contributed by atoms with Crippen LogP contribution in [0, 0.1) is 5.82 Å². The highest BCUT2D eigenvalue weighted by molar-refractivity contribution is 6.30. The van der Waals surface area contributed by atoms with Crippen molar-refractivity contribution in [3.63, 3.8) is 0 Å². The first-order chi connectivity index (χ1) is 18.5. The summed E-state index contributed by atoms with van der Waals surface area (Å²) in [7, 11) is 0. The van der Waals surface area contributed by atoms with Gasteiger partial charge in [0.25, 0.3) is 0 Å². The number of nitrogens with zero attached hydrogens (tertiary/aromatic N) is 6. The van der Waals surface area contributed by atoms with E-state index in [2.05, 4.69) is 19.8 Å². The van der Waals surface area contributed by atoms with Crippen LogP contribution in [0.3, 0.4) is 0 Å². The number of fused-ring (bicyclic) bond motifs is 4. The maximum Gasteiger partial charge on any atom is 0.410 e. The lowest BCUT2D eigenvalue weighted by molar-refractivity contribution is -0.00976. The molecule has 9 nitrogen and oxygen atoms in total. The van der Waals surface area contributed by atoms with Gasteiger partial charge in [-0.15, -0.1) is 0 Å². The largest absolute Gasteiger partial charge is 0.461 e. The van der Waals surface area contributed by atoms with E-state index in [0.717, 1.165) is 38.6 Å². The predicted octanol–water partition coefficient (Wildman–Crippen LogP) is 4.75. The van der Waals surface area contributed by atoms with Crippen molar-refractivity contribution >= 4 is 34.4 Å². The fourth-order valence-corrected chi connectivity index (χ4v) is 6.98. The molecule has 0 N–H and O–H groups in total. The van der Waals surface area contributed by atoms with Gasteiger partial charge in [-0.3, -0.25) is 9.80 Å². The van der Waals surface area contributed by atoms with Crippen LogP contribution in [0.5, 0.6) is 6.01 Å². The van der Waals surface area contributed by atoms with E-state index < -0.39 is 17.6 Å². The lowest BCUT2D eigenvalue weighted by atomic mass is 9.91. The Morgan fingerprint density at radius 1 is 1.18 bits per heavy atom. The van der Waals surface area contributed by atoms with E-state index >= 15 is 4.39 Å². The zero-order valence-corrected chi connectivity index (χ0v) is 23.4. The van der Waals surface area contributed by atoms with Crippen LogP contribution in [-0.2, 0) is 4.74 Å². The molecule has 0 aromatic carbocycles. The van der Waals surface area contributed by atoms with Crippen molar-refractivity contribution in [1.82, 2.24) is 24.8 Å². The number of rotatable bonds is 4. The Morgan fingerprint density at radius 3 is 2.64 bits per heavy atom. The van der Waals surface area contributed by atoms with Gasteiger partial charge in [0.15, 0.2) is 11.0 Å². The van der Waals surface area contributed by atoms with Crippen LogP contribution in [0.2, 0.25) is 5.15 Å². The highest BCUT2D eigenvalue weighted by atomic mass is 35.5. The van der Waals surface area contributed by atoms with Crippen molar-refractivity contribution in [3.05, 3.63) is 17.2 Å². The molecule has 6 rings (SSSR count). The number of hydrogen-bond acceptors (Lipinski definition) is 8. The zero-order chi connectivity index (χ0) is 27.5. The minimum Gasteiger partial charge on any atom is -0.461 e. The van der Waals surface area contributed by atoms with Gasteiger partial charge in [-0.2, -0.15) is 9.97 Å². The van der Waals surface area contributed by atoms with Crippen LogP contribution in [0.25, 0.3) is 10.9 Å². The van der Waals surface area contributed by atoms with Gasteiger partial charge in [0.05, 0.1) is 23.0 Å². The van der Waals surface area contributed by atoms with Gasteiger partial charge in [0.1, 0.15) is 29.7 Å². The fraction of sp³-hybridized carbons (Fsp3) is 0.704. The van der Waals surface area contributed by atoms with Crippen LogP contribution in [-0.4, -0.2) is 93.0 Å². The summed E-state index contributed by atoms with van der Waals surface area (Å²) < 4.78 is 41.3. The summed E-state index contributed by atoms with van der Waals surface area (Å²) in [5.41, 5.74) is -0.941. The van der Waals surface area contributed by atoms with E-state index in [4.69, 9.17) is 26.1 Å². The molecule has 2 aromatic heterocycles. The van der Waals surface area contributed by atoms with Crippen LogP contribution in [0.4, 0.5) is 19.4 Å². The molecule has 4 saturated heterocycles. The van der Waals surface area contributed by atoms with Crippen molar-refractivity contribution in [2.75, 3.05) is 37.7 Å². The second-order valence-corrected chi connectivity index (χ2v) is 12.7. The number of ether oxygens (including phenoxy) is 2. The molecule has 0 spiro atoms. The molecule has 2 unspecified atom stereocenters. The van der Waals surface area contributed by atoms with E-state index in [1.165, 1.54) is 6.20 Å². The zero-order valence-electron chi connectivity index (χ0n) is 22.6. The quantitative estimate of drug-likeness (QED) is 0.492. The average molecular weight is 565 g/mol. The average Bonchev–Trinajstić information content (AvgIpc) is 3.38. The van der Waals surface area contributed by atoms with E-state index in [-0.39, 0.29) is 47.0 Å². The van der Waals surface area contributed by atoms with E-state index in [1.54, 1.807) is 0 Å². The maximum atomic E-state index is 15.2. The van der Waals surface area contributed by atoms with Gasteiger partial charge in [0.2, 0.25) is 0 Å². The van der Waals surface area contributed by atoms with E-state index in [9.17, 15) is 9.18 Å². The third-order valence-corrected chi connectivity index (χ3v) is 8.72. The number of hydrogen-bond donors (Lipinski definition) is 0. The first kappa shape index (κ1) is 26.7. The Kier molecular flexibility index (Phi) is 6.73. The van der Waals surface area contributed by atoms with Crippen molar-refractivity contribution in [2.45, 2.75) is 88.7 Å². The topological polar surface area (TPSA) is 83.9 Å². The summed E-state index contributed by atoms with van der Waals surface area (Å²) >= 11 is 6.02. The molecule has 0 aliphatic carbocycles. The van der Waals surface area contributed by atoms with Crippen LogP contribution >= 0.6 is 11.6 Å². The Labute approximate surface area is 231 Å². The number of piperazine rings is 1. The summed E-state index contributed by atoms with van der Waals surface area (Å²) in [4.78, 5) is 32.3. The maximum absolute atomic E-state index is 15.2. The van der Waals surface area contributed by atoms with Crippen LogP contribution in [0.1, 0.15) is 59.3 Å². The molecule has 4 aliphatic rings. The number of halogens is 3. The number of amides is 1. The molecule has 4 atom stereocenters. The number of aromatic nitrogens is 3. The number of alkyl halides is 1. The van der Waals surface area contributed by atoms with Gasteiger partial charge in [-0.05, 0) is 59.4 Å². The van der Waals surface area contributed by atoms with Crippen LogP contribution < -0.4 is 9.64 Å². The van der Waals surface area contributed by atoms with Crippen LogP contribution in [0.15, 0.2) is 6.20 Å². The number of carbonyl (C=O) groups is 1. The monoisotopic (exact) mass is 564 g/mol. The highest BCUT2D eigenvalue weighted by Crippen LogP contribution is 2.41. The number of pyridine rings is 1. The Hall–Kier alpha value is -2.53. The second kappa shape index (κ2) is 9.83. The molecule has 2 bridgehead atoms. The number of anilines is 1. The van der Waals surface area contributed by atoms with Crippen molar-refractivity contribution in [1.29, 1.82) is 0 Å². The molecule has 4 aliphatic heterocycles. The van der Waals surface area contributed by atoms with E-state index in [1.807, 2.05) is 25.7 Å². The third kappa shape index (κ3) is 4.96. The van der Waals surface area contributed by atoms with Gasteiger partial charge in [-0.25, -0.2) is 18.6 Å². The molecule has 12 heteroatoms. The van der Waals surface area contributed by atoms with E-state index in [0.29, 0.717) is 37.3 Å². The molecule has 1 amide bonds. The van der Waals surface area contributed by atoms with Crippen molar-refractivity contribution in [3.8, 4) is 6.01 Å². The highest BCUT2D eigenvalue weighted by Gasteiger charge is 2.49. The summed E-state index contributed by atoms with van der Waals surface area (Å²) in [6.45, 7) is 8.09. The smallest absolute Gasteiger partial charge is 0.410 e. The van der Waals surface area contributed by atoms with Crippen molar-refractivity contribution in [2.24, 2.45) is 0 Å². The normalized spacial score (nSPS) is 29.1. The fourth-order valence-electron chi connectivity index (χ4n) is 6.85. The molecular formula is C27H35ClF2N6O3. The third-order valence-electron chi connectivity index (χ3n) is 8.46. The standard InChI is InChI=1S/C27H35ClF2N6O3/c1-26(2,3)39-25(37)36-17-6-4-7-18(36)14-34(13-17)23-19-11-31-22(28)20(30)21(19)32-24(33-23)38-15-27-8-5-9-35(27)12-16(29)10-27/h11,16-18H,4-10,12-15H2,1-3H3/t16-,17?,18?,27+/m1/s1. The molecule has 0 radical (unpaired) electrons. The SMILES string of the molecule is CC(C)(C)OC(=O)N1C2CCCC1CN(c1nc(OC[C@@]34CCCN3C[C@H](F)C4)nc3c(F)c(Cl)ncc13)C2. The lowest BCUT2D eigenvalue weighted by Crippen LogP contribution is -2.63.